The number of hydrogen-bond donors (Lipinski definition) is 0. The topological polar surface area (TPSA) is 0 Å². The van der Waals surface area contributed by atoms with Gasteiger partial charge in [-0.15, -0.1) is 0 Å². The normalized spacial score (nSPS) is 12.6. The van der Waals surface area contributed by atoms with Gasteiger partial charge in [-0.05, 0) is 0 Å². The van der Waals surface area contributed by atoms with Gasteiger partial charge in [0, 0.05) is 0 Å². The maximum atomic E-state index is 2.61. The standard InChI is InChI=1S/3C12H23.Ru/c3*1-3-5-7-9-11-12-10-8-6-4-2;/h3*1,3H,4-12H2,2H3;. The third-order valence-electron chi connectivity index (χ3n) is 7.33. The first-order valence-corrected chi connectivity index (χ1v) is 20.0. The molecule has 0 fully saturated rings. The molecule has 0 aromatic rings. The molecule has 0 aliphatic heterocycles. The van der Waals surface area contributed by atoms with Crippen LogP contribution in [0.25, 0.3) is 0 Å². The Hall–Kier alpha value is -0.157. The van der Waals surface area contributed by atoms with Gasteiger partial charge in [-0.1, -0.05) is 0 Å². The summed E-state index contributed by atoms with van der Waals surface area (Å²) in [6, 6.07) is 0. The van der Waals surface area contributed by atoms with E-state index >= 15 is 0 Å². The minimum absolute atomic E-state index is 1.06. The van der Waals surface area contributed by atoms with Crippen LogP contribution < -0.4 is 0 Å². The second-order valence-electron chi connectivity index (χ2n) is 11.2. The fourth-order valence-electron chi connectivity index (χ4n) is 4.77. The zero-order valence-corrected chi connectivity index (χ0v) is 27.6. The molecule has 221 valence electrons. The molecule has 0 aromatic carbocycles. The van der Waals surface area contributed by atoms with Crippen LogP contribution in [0.5, 0.6) is 0 Å². The minimum atomic E-state index is -1.06. The summed E-state index contributed by atoms with van der Waals surface area (Å²) in [5.74, 6) is 0. The second-order valence-corrected chi connectivity index (χ2v) is 14.7. The molecule has 0 aliphatic carbocycles. The first-order chi connectivity index (χ1) is 18.3. The van der Waals surface area contributed by atoms with Crippen molar-refractivity contribution in [1.29, 1.82) is 0 Å². The zero-order valence-electron chi connectivity index (χ0n) is 25.9. The molecule has 1 heteroatoms. The third-order valence-corrected chi connectivity index (χ3v) is 10.6. The second kappa shape index (κ2) is 33.9. The first kappa shape index (κ1) is 36.8. The van der Waals surface area contributed by atoms with Crippen LogP contribution >= 0.6 is 0 Å². The summed E-state index contributed by atoms with van der Waals surface area (Å²) in [4.78, 5) is 0. The van der Waals surface area contributed by atoms with Gasteiger partial charge in [0.2, 0.25) is 0 Å². The van der Waals surface area contributed by atoms with Gasteiger partial charge >= 0.3 is 242 Å². The molecule has 0 amide bonds. The summed E-state index contributed by atoms with van der Waals surface area (Å²) in [7, 11) is 0. The molecule has 0 saturated carbocycles. The van der Waals surface area contributed by atoms with Crippen molar-refractivity contribution in [1.82, 2.24) is 0 Å². The predicted octanol–water partition coefficient (Wildman–Crippen LogP) is 13.7. The Labute approximate surface area is 241 Å². The van der Waals surface area contributed by atoms with E-state index in [0.29, 0.717) is 0 Å². The molecule has 0 spiro atoms. The van der Waals surface area contributed by atoms with Crippen LogP contribution in [-0.4, -0.2) is 0 Å². The van der Waals surface area contributed by atoms with Crippen molar-refractivity contribution in [3.63, 3.8) is 0 Å². The van der Waals surface area contributed by atoms with E-state index < -0.39 is 16.0 Å². The van der Waals surface area contributed by atoms with E-state index in [-0.39, 0.29) is 0 Å². The van der Waals surface area contributed by atoms with E-state index in [2.05, 4.69) is 53.0 Å². The van der Waals surface area contributed by atoms with Gasteiger partial charge in [0.25, 0.3) is 0 Å². The summed E-state index contributed by atoms with van der Waals surface area (Å²) >= 11 is -1.06. The van der Waals surface area contributed by atoms with Gasteiger partial charge in [0.15, 0.2) is 0 Å². The van der Waals surface area contributed by atoms with Crippen LogP contribution in [-0.2, 0) is 16.0 Å². The Morgan fingerprint density at radius 1 is 0.297 bits per heavy atom. The molecule has 0 aliphatic rings. The van der Waals surface area contributed by atoms with Crippen molar-refractivity contribution in [2.75, 3.05) is 0 Å². The van der Waals surface area contributed by atoms with Crippen LogP contribution in [0.1, 0.15) is 194 Å². The number of unbranched alkanes of at least 4 members (excludes halogenated alkanes) is 24. The molecule has 0 atom stereocenters. The molecule has 0 unspecified atom stereocenters. The van der Waals surface area contributed by atoms with Crippen molar-refractivity contribution in [3.05, 3.63) is 32.2 Å². The monoisotopic (exact) mass is 603 g/mol. The van der Waals surface area contributed by atoms with E-state index in [9.17, 15) is 0 Å². The Balaban J connectivity index is 4.16. The van der Waals surface area contributed by atoms with E-state index in [4.69, 9.17) is 0 Å². The molecular weight excluding hydrogens is 533 g/mol. The van der Waals surface area contributed by atoms with Gasteiger partial charge in [-0.25, -0.2) is 0 Å². The van der Waals surface area contributed by atoms with Crippen LogP contribution in [0.4, 0.5) is 0 Å². The van der Waals surface area contributed by atoms with Gasteiger partial charge in [-0.3, -0.25) is 0 Å². The van der Waals surface area contributed by atoms with Crippen LogP contribution in [0.15, 0.2) is 32.2 Å². The zero-order chi connectivity index (χ0) is 26.9. The SMILES string of the molecule is CCCCCCCCCCC=[CH][Ru]([CH]=CCCCCCCCCCC)[CH]=CCCCCCCCCCC. The summed E-state index contributed by atoms with van der Waals surface area (Å²) in [5.41, 5.74) is 0. The molecule has 0 N–H and O–H groups in total. The Bertz CT molecular complexity index is 418. The average molecular weight is 603 g/mol. The molecule has 0 bridgehead atoms. The Morgan fingerprint density at radius 3 is 0.757 bits per heavy atom. The van der Waals surface area contributed by atoms with Gasteiger partial charge < -0.3 is 0 Å². The van der Waals surface area contributed by atoms with Crippen molar-refractivity contribution in [3.8, 4) is 0 Å². The van der Waals surface area contributed by atoms with Gasteiger partial charge in [0.1, 0.15) is 0 Å². The molecule has 0 nitrogen and oxygen atoms in total. The van der Waals surface area contributed by atoms with Crippen molar-refractivity contribution >= 4 is 0 Å². The van der Waals surface area contributed by atoms with E-state index in [1.165, 1.54) is 173 Å². The summed E-state index contributed by atoms with van der Waals surface area (Å²) in [6.45, 7) is 6.92. The van der Waals surface area contributed by atoms with E-state index in [0.717, 1.165) is 0 Å². The Morgan fingerprint density at radius 2 is 0.514 bits per heavy atom. The quantitative estimate of drug-likeness (QED) is 0.0566. The molecule has 0 radical (unpaired) electrons. The summed E-state index contributed by atoms with van der Waals surface area (Å²) < 4.78 is 7.83. The molecule has 0 rings (SSSR count). The summed E-state index contributed by atoms with van der Waals surface area (Å²) in [6.07, 6.45) is 45.6. The van der Waals surface area contributed by atoms with Crippen molar-refractivity contribution in [2.24, 2.45) is 0 Å². The van der Waals surface area contributed by atoms with Crippen molar-refractivity contribution in [2.45, 2.75) is 194 Å². The van der Waals surface area contributed by atoms with Gasteiger partial charge in [0.05, 0.1) is 0 Å². The molecule has 0 heterocycles. The summed E-state index contributed by atoms with van der Waals surface area (Å²) in [5, 5.41) is 0. The molecule has 0 aromatic heterocycles. The molecule has 37 heavy (non-hydrogen) atoms. The maximum absolute atomic E-state index is 2.61. The van der Waals surface area contributed by atoms with Crippen molar-refractivity contribution < 1.29 is 16.0 Å². The van der Waals surface area contributed by atoms with E-state index in [1.807, 2.05) is 0 Å². The number of hydrogen-bond acceptors (Lipinski definition) is 0. The number of allylic oxidation sites excluding steroid dienone is 3. The van der Waals surface area contributed by atoms with Crippen LogP contribution in [0.2, 0.25) is 0 Å². The first-order valence-electron chi connectivity index (χ1n) is 17.0. The average Bonchev–Trinajstić information content (AvgIpc) is 2.91. The van der Waals surface area contributed by atoms with Gasteiger partial charge in [-0.2, -0.15) is 0 Å². The molecule has 0 saturated heterocycles. The van der Waals surface area contributed by atoms with E-state index in [1.54, 1.807) is 0 Å². The Kier molecular flexibility index (Phi) is 33.7. The molecular formula is C36H69Ru. The van der Waals surface area contributed by atoms with Crippen LogP contribution in [0.3, 0.4) is 0 Å². The third kappa shape index (κ3) is 32.0. The fourth-order valence-corrected chi connectivity index (χ4v) is 7.64. The van der Waals surface area contributed by atoms with Crippen LogP contribution in [0, 0.1) is 0 Å². The fraction of sp³-hybridized carbons (Fsp3) is 0.833. The predicted molar refractivity (Wildman–Crippen MR) is 169 cm³/mol. The number of rotatable bonds is 30.